The Kier molecular flexibility index (Phi) is 11.0. The van der Waals surface area contributed by atoms with E-state index in [0.29, 0.717) is 37.3 Å². The maximum absolute atomic E-state index is 13.5. The van der Waals surface area contributed by atoms with Crippen molar-refractivity contribution >= 4 is 11.8 Å². The van der Waals surface area contributed by atoms with E-state index in [1.165, 1.54) is 0 Å². The lowest BCUT2D eigenvalue weighted by Gasteiger charge is -2.39. The minimum absolute atomic E-state index is 0.126. The molecule has 2 amide bonds. The van der Waals surface area contributed by atoms with Crippen molar-refractivity contribution in [3.63, 3.8) is 0 Å². The molecular formula is C44H60N6O4. The van der Waals surface area contributed by atoms with Crippen LogP contribution >= 0.6 is 0 Å². The van der Waals surface area contributed by atoms with Gasteiger partial charge in [-0.15, -0.1) is 0 Å². The molecule has 10 heteroatoms. The van der Waals surface area contributed by atoms with Crippen molar-refractivity contribution in [2.45, 2.75) is 131 Å². The molecule has 6 atom stereocenters. The van der Waals surface area contributed by atoms with Crippen molar-refractivity contribution in [2.75, 3.05) is 0 Å². The standard InChI is InChI=1S/C44H60N6O4/c1-41(2,3)35(49-39(53)43(7)23-11-9-13-33(43)51)37-45-25-31(47-37)29-19-15-27(16-20-29)28-17-21-30(22-18-28)32-26-46-38(48-32)36(42(4,5)6)50-40(54)44(8)24-12-10-14-34(44)52/h15-22,25-26,33-36,51-52H,9-14,23-24H2,1-8H3,(H,45,47)(H,46,48)(H,49,53)(H,50,54)/t33?,34?,35-,36?,43?,44?/m1/s1. The number of nitrogens with one attached hydrogen (secondary N) is 4. The fourth-order valence-electron chi connectivity index (χ4n) is 8.09. The monoisotopic (exact) mass is 736 g/mol. The number of nitrogens with zero attached hydrogens (tertiary/aromatic N) is 2. The topological polar surface area (TPSA) is 156 Å². The summed E-state index contributed by atoms with van der Waals surface area (Å²) in [6.45, 7) is 16.2. The van der Waals surface area contributed by atoms with E-state index in [0.717, 1.165) is 59.3 Å². The maximum Gasteiger partial charge on any atom is 0.229 e. The molecule has 0 aliphatic heterocycles. The highest BCUT2D eigenvalue weighted by molar-refractivity contribution is 5.84. The number of amides is 2. The van der Waals surface area contributed by atoms with Gasteiger partial charge in [0.05, 0.1) is 58.9 Å². The second-order valence-corrected chi connectivity index (χ2v) is 18.4. The summed E-state index contributed by atoms with van der Waals surface area (Å²) in [5.74, 6) is 1.13. The van der Waals surface area contributed by atoms with Crippen molar-refractivity contribution in [3.8, 4) is 33.6 Å². The van der Waals surface area contributed by atoms with Gasteiger partial charge in [-0.25, -0.2) is 9.97 Å². The number of hydrogen-bond donors (Lipinski definition) is 6. The average molecular weight is 737 g/mol. The van der Waals surface area contributed by atoms with Gasteiger partial charge < -0.3 is 30.8 Å². The first kappa shape index (κ1) is 39.4. The van der Waals surface area contributed by atoms with Gasteiger partial charge in [-0.1, -0.05) is 116 Å². The molecule has 0 spiro atoms. The van der Waals surface area contributed by atoms with Crippen LogP contribution < -0.4 is 10.6 Å². The molecule has 2 saturated carbocycles. The van der Waals surface area contributed by atoms with Crippen LogP contribution in [0.2, 0.25) is 0 Å². The summed E-state index contributed by atoms with van der Waals surface area (Å²) in [7, 11) is 0. The zero-order chi connectivity index (χ0) is 39.1. The minimum Gasteiger partial charge on any atom is -0.392 e. The minimum atomic E-state index is -0.806. The molecule has 2 fully saturated rings. The molecule has 54 heavy (non-hydrogen) atoms. The first-order valence-electron chi connectivity index (χ1n) is 19.7. The normalized spacial score (nSPS) is 24.8. The molecule has 2 aliphatic rings. The Balaban J connectivity index is 1.14. The number of aliphatic hydroxyl groups excluding tert-OH is 2. The Bertz CT molecular complexity index is 1780. The van der Waals surface area contributed by atoms with Gasteiger partial charge in [-0.2, -0.15) is 0 Å². The van der Waals surface area contributed by atoms with Crippen LogP contribution in [0, 0.1) is 21.7 Å². The second-order valence-electron chi connectivity index (χ2n) is 18.4. The second kappa shape index (κ2) is 15.1. The van der Waals surface area contributed by atoms with E-state index in [9.17, 15) is 19.8 Å². The van der Waals surface area contributed by atoms with E-state index in [4.69, 9.17) is 9.97 Å². The number of imidazole rings is 2. The molecule has 6 rings (SSSR count). The van der Waals surface area contributed by atoms with Crippen LogP contribution in [-0.4, -0.2) is 54.2 Å². The molecule has 2 aromatic carbocycles. The largest absolute Gasteiger partial charge is 0.392 e. The molecule has 2 aliphatic carbocycles. The number of H-pyrrole nitrogens is 2. The fourth-order valence-corrected chi connectivity index (χ4v) is 8.09. The highest BCUT2D eigenvalue weighted by Crippen LogP contribution is 2.41. The van der Waals surface area contributed by atoms with Crippen LogP contribution in [0.15, 0.2) is 60.9 Å². The number of carbonyl (C=O) groups excluding carboxylic acids is 2. The zero-order valence-electron chi connectivity index (χ0n) is 33.3. The fraction of sp³-hybridized carbons (Fsp3) is 0.545. The number of aromatic amines is 2. The lowest BCUT2D eigenvalue weighted by atomic mass is 9.72. The molecule has 0 saturated heterocycles. The molecule has 2 aromatic heterocycles. The Morgan fingerprint density at radius 2 is 0.963 bits per heavy atom. The first-order valence-corrected chi connectivity index (χ1v) is 19.7. The molecule has 4 aromatic rings. The first-order chi connectivity index (χ1) is 25.4. The number of benzene rings is 2. The quantitative estimate of drug-likeness (QED) is 0.101. The summed E-state index contributed by atoms with van der Waals surface area (Å²) >= 11 is 0. The van der Waals surface area contributed by atoms with Gasteiger partial charge in [-0.3, -0.25) is 9.59 Å². The van der Waals surface area contributed by atoms with E-state index in [-0.39, 0.29) is 34.7 Å². The predicted octanol–water partition coefficient (Wildman–Crippen LogP) is 8.42. The van der Waals surface area contributed by atoms with Crippen molar-refractivity contribution < 1.29 is 19.8 Å². The van der Waals surface area contributed by atoms with Gasteiger partial charge in [0, 0.05) is 0 Å². The highest BCUT2D eigenvalue weighted by Gasteiger charge is 2.45. The summed E-state index contributed by atoms with van der Waals surface area (Å²) in [6, 6.07) is 15.9. The van der Waals surface area contributed by atoms with Gasteiger partial charge in [0.15, 0.2) is 0 Å². The van der Waals surface area contributed by atoms with Gasteiger partial charge in [0.1, 0.15) is 11.6 Å². The van der Waals surface area contributed by atoms with Crippen LogP contribution in [0.3, 0.4) is 0 Å². The van der Waals surface area contributed by atoms with Crippen LogP contribution in [0.1, 0.15) is 130 Å². The molecule has 290 valence electrons. The van der Waals surface area contributed by atoms with Crippen molar-refractivity contribution in [1.82, 2.24) is 30.6 Å². The zero-order valence-corrected chi connectivity index (χ0v) is 33.3. The summed E-state index contributed by atoms with van der Waals surface area (Å²) in [5.41, 5.74) is 3.62. The molecule has 0 radical (unpaired) electrons. The van der Waals surface area contributed by atoms with Gasteiger partial charge in [0.2, 0.25) is 11.8 Å². The molecule has 10 nitrogen and oxygen atoms in total. The summed E-state index contributed by atoms with van der Waals surface area (Å²) < 4.78 is 0. The van der Waals surface area contributed by atoms with E-state index in [1.54, 1.807) is 0 Å². The van der Waals surface area contributed by atoms with Gasteiger partial charge in [0.25, 0.3) is 0 Å². The Labute approximate surface area is 320 Å². The van der Waals surface area contributed by atoms with Crippen molar-refractivity contribution in [2.24, 2.45) is 21.7 Å². The molecular weight excluding hydrogens is 677 g/mol. The lowest BCUT2D eigenvalue weighted by molar-refractivity contribution is -0.142. The maximum atomic E-state index is 13.5. The van der Waals surface area contributed by atoms with Gasteiger partial charge in [-0.05, 0) is 72.6 Å². The van der Waals surface area contributed by atoms with Crippen LogP contribution in [0.25, 0.3) is 33.6 Å². The molecule has 5 unspecified atom stereocenters. The smallest absolute Gasteiger partial charge is 0.229 e. The van der Waals surface area contributed by atoms with Crippen molar-refractivity contribution in [1.29, 1.82) is 0 Å². The number of rotatable bonds is 9. The Morgan fingerprint density at radius 1 is 0.630 bits per heavy atom. The molecule has 6 N–H and O–H groups in total. The Morgan fingerprint density at radius 3 is 1.28 bits per heavy atom. The Hall–Kier alpha value is -4.28. The lowest BCUT2D eigenvalue weighted by Crippen LogP contribution is -2.51. The third kappa shape index (κ3) is 8.05. The van der Waals surface area contributed by atoms with E-state index >= 15 is 0 Å². The van der Waals surface area contributed by atoms with Crippen molar-refractivity contribution in [3.05, 3.63) is 72.6 Å². The number of carbonyl (C=O) groups is 2. The summed E-state index contributed by atoms with van der Waals surface area (Å²) in [5, 5.41) is 27.9. The van der Waals surface area contributed by atoms with E-state index in [2.05, 4.69) is 111 Å². The number of aliphatic hydroxyl groups is 2. The molecule has 0 bridgehead atoms. The highest BCUT2D eigenvalue weighted by atomic mass is 16.3. The SMILES string of the molecule is CC(C)(C)C(NC(=O)C1(C)CCCCC1O)c1ncc(-c2ccc(-c3ccc(-c4cnc([C@@H](NC(=O)C5(C)CCCCC5O)C(C)(C)C)[nH]4)cc3)cc2)[nH]1. The summed E-state index contributed by atoms with van der Waals surface area (Å²) in [4.78, 5) is 43.5. The molecule has 2 heterocycles. The van der Waals surface area contributed by atoms with Crippen LogP contribution in [-0.2, 0) is 9.59 Å². The summed E-state index contributed by atoms with van der Waals surface area (Å²) in [6.07, 6.45) is 8.73. The van der Waals surface area contributed by atoms with E-state index < -0.39 is 23.0 Å². The third-order valence-corrected chi connectivity index (χ3v) is 12.1. The van der Waals surface area contributed by atoms with Crippen LogP contribution in [0.5, 0.6) is 0 Å². The third-order valence-electron chi connectivity index (χ3n) is 12.1. The predicted molar refractivity (Wildman–Crippen MR) is 213 cm³/mol. The number of hydrogen-bond acceptors (Lipinski definition) is 6. The van der Waals surface area contributed by atoms with E-state index in [1.807, 2.05) is 26.2 Å². The average Bonchev–Trinajstić information content (AvgIpc) is 3.82. The number of aromatic nitrogens is 4. The van der Waals surface area contributed by atoms with Gasteiger partial charge >= 0.3 is 0 Å². The van der Waals surface area contributed by atoms with Crippen LogP contribution in [0.4, 0.5) is 0 Å².